The van der Waals surface area contributed by atoms with E-state index in [2.05, 4.69) is 10.6 Å². The van der Waals surface area contributed by atoms with Crippen molar-refractivity contribution in [3.63, 3.8) is 0 Å². The normalized spacial score (nSPS) is 20.7. The fourth-order valence-electron chi connectivity index (χ4n) is 3.43. The Bertz CT molecular complexity index is 697. The molecule has 0 aromatic heterocycles. The number of benzene rings is 1. The second-order valence-corrected chi connectivity index (χ2v) is 6.93. The molecule has 3 unspecified atom stereocenters. The largest absolute Gasteiger partial charge is 0.497 e. The average molecular weight is 392 g/mol. The number of carbonyl (C=O) groups is 3. The van der Waals surface area contributed by atoms with Crippen LogP contribution in [0, 0.1) is 0 Å². The molecule has 1 aromatic carbocycles. The Balaban J connectivity index is 2.19. The Labute approximate surface area is 164 Å². The molecule has 154 valence electrons. The molecule has 0 bridgehead atoms. The van der Waals surface area contributed by atoms with Gasteiger partial charge in [-0.15, -0.1) is 0 Å². The maximum absolute atomic E-state index is 13.2. The smallest absolute Gasteiger partial charge is 0.332 e. The standard InChI is InChI=1S/C20H28N2O6/c1-13(28-14(2)23)17(18(24)27-4)22-19(25)20(10-5-11-21-20)12-15-6-8-16(26-3)9-7-15/h6-9,13,17,21H,5,10-12H2,1-4H3,(H,22,25). The number of amides is 1. The van der Waals surface area contributed by atoms with Crippen LogP contribution in [0.3, 0.4) is 0 Å². The molecular formula is C20H28N2O6. The molecule has 0 saturated carbocycles. The highest BCUT2D eigenvalue weighted by atomic mass is 16.6. The van der Waals surface area contributed by atoms with E-state index in [0.29, 0.717) is 19.4 Å². The number of ether oxygens (including phenoxy) is 3. The van der Waals surface area contributed by atoms with Crippen molar-refractivity contribution in [1.82, 2.24) is 10.6 Å². The van der Waals surface area contributed by atoms with Crippen LogP contribution in [0.2, 0.25) is 0 Å². The summed E-state index contributed by atoms with van der Waals surface area (Å²) in [4.78, 5) is 36.6. The Morgan fingerprint density at radius 3 is 2.39 bits per heavy atom. The van der Waals surface area contributed by atoms with Crippen LogP contribution in [-0.2, 0) is 30.3 Å². The fraction of sp³-hybridized carbons (Fsp3) is 0.550. The van der Waals surface area contributed by atoms with E-state index in [1.807, 2.05) is 24.3 Å². The van der Waals surface area contributed by atoms with Crippen molar-refractivity contribution in [3.05, 3.63) is 29.8 Å². The summed E-state index contributed by atoms with van der Waals surface area (Å²) in [5, 5.41) is 6.01. The zero-order chi connectivity index (χ0) is 20.7. The summed E-state index contributed by atoms with van der Waals surface area (Å²) in [7, 11) is 2.82. The highest BCUT2D eigenvalue weighted by molar-refractivity contribution is 5.91. The molecule has 8 heteroatoms. The second kappa shape index (κ2) is 9.54. The predicted octanol–water partition coefficient (Wildman–Crippen LogP) is 0.969. The molecule has 2 rings (SSSR count). The van der Waals surface area contributed by atoms with Crippen LogP contribution < -0.4 is 15.4 Å². The van der Waals surface area contributed by atoms with Gasteiger partial charge in [0.1, 0.15) is 17.4 Å². The summed E-state index contributed by atoms with van der Waals surface area (Å²) in [5.41, 5.74) is 0.115. The average Bonchev–Trinajstić information content (AvgIpc) is 3.15. The van der Waals surface area contributed by atoms with Gasteiger partial charge in [-0.3, -0.25) is 9.59 Å². The quantitative estimate of drug-likeness (QED) is 0.636. The van der Waals surface area contributed by atoms with Gasteiger partial charge in [-0.1, -0.05) is 12.1 Å². The van der Waals surface area contributed by atoms with E-state index in [1.165, 1.54) is 14.0 Å². The van der Waals surface area contributed by atoms with Crippen molar-refractivity contribution in [2.75, 3.05) is 20.8 Å². The number of hydrogen-bond donors (Lipinski definition) is 2. The summed E-state index contributed by atoms with van der Waals surface area (Å²) >= 11 is 0. The zero-order valence-electron chi connectivity index (χ0n) is 16.7. The van der Waals surface area contributed by atoms with Gasteiger partial charge >= 0.3 is 11.9 Å². The third-order valence-corrected chi connectivity index (χ3v) is 4.91. The van der Waals surface area contributed by atoms with Crippen molar-refractivity contribution >= 4 is 17.8 Å². The molecule has 28 heavy (non-hydrogen) atoms. The Morgan fingerprint density at radius 1 is 1.21 bits per heavy atom. The molecule has 1 saturated heterocycles. The van der Waals surface area contributed by atoms with Crippen LogP contribution in [0.4, 0.5) is 0 Å². The van der Waals surface area contributed by atoms with Gasteiger partial charge in [0.05, 0.1) is 14.2 Å². The van der Waals surface area contributed by atoms with E-state index in [0.717, 1.165) is 17.7 Å². The molecule has 1 aliphatic rings. The van der Waals surface area contributed by atoms with Crippen molar-refractivity contribution in [2.45, 2.75) is 50.8 Å². The number of nitrogens with one attached hydrogen (secondary N) is 2. The molecular weight excluding hydrogens is 364 g/mol. The highest BCUT2D eigenvalue weighted by Crippen LogP contribution is 2.26. The molecule has 3 atom stereocenters. The van der Waals surface area contributed by atoms with Gasteiger partial charge in [0.2, 0.25) is 5.91 Å². The zero-order valence-corrected chi connectivity index (χ0v) is 16.7. The first kappa shape index (κ1) is 21.7. The summed E-state index contributed by atoms with van der Waals surface area (Å²) < 4.78 is 15.0. The third-order valence-electron chi connectivity index (χ3n) is 4.91. The van der Waals surface area contributed by atoms with Crippen molar-refractivity contribution in [3.8, 4) is 5.75 Å². The fourth-order valence-corrected chi connectivity index (χ4v) is 3.43. The van der Waals surface area contributed by atoms with Gasteiger partial charge in [-0.25, -0.2) is 4.79 Å². The summed E-state index contributed by atoms with van der Waals surface area (Å²) in [5.74, 6) is -0.792. The van der Waals surface area contributed by atoms with E-state index >= 15 is 0 Å². The molecule has 0 aliphatic carbocycles. The molecule has 8 nitrogen and oxygen atoms in total. The third kappa shape index (κ3) is 5.22. The first-order valence-corrected chi connectivity index (χ1v) is 9.25. The Morgan fingerprint density at radius 2 is 1.89 bits per heavy atom. The molecule has 1 aromatic rings. The first-order chi connectivity index (χ1) is 13.3. The number of methoxy groups -OCH3 is 2. The minimum Gasteiger partial charge on any atom is -0.497 e. The van der Waals surface area contributed by atoms with Crippen LogP contribution in [0.15, 0.2) is 24.3 Å². The van der Waals surface area contributed by atoms with Crippen LogP contribution in [0.1, 0.15) is 32.3 Å². The van der Waals surface area contributed by atoms with Crippen LogP contribution in [0.5, 0.6) is 5.75 Å². The van der Waals surface area contributed by atoms with Gasteiger partial charge in [0.25, 0.3) is 0 Å². The number of esters is 2. The summed E-state index contributed by atoms with van der Waals surface area (Å²) in [6.45, 7) is 3.49. The van der Waals surface area contributed by atoms with E-state index in [4.69, 9.17) is 14.2 Å². The van der Waals surface area contributed by atoms with Crippen molar-refractivity contribution in [1.29, 1.82) is 0 Å². The SMILES string of the molecule is COC(=O)C(NC(=O)C1(Cc2ccc(OC)cc2)CCCN1)C(C)OC(C)=O. The summed E-state index contributed by atoms with van der Waals surface area (Å²) in [6, 6.07) is 6.42. The van der Waals surface area contributed by atoms with Crippen molar-refractivity contribution in [2.24, 2.45) is 0 Å². The monoisotopic (exact) mass is 392 g/mol. The van der Waals surface area contributed by atoms with Crippen molar-refractivity contribution < 1.29 is 28.6 Å². The lowest BCUT2D eigenvalue weighted by Gasteiger charge is -2.31. The number of hydrogen-bond acceptors (Lipinski definition) is 7. The molecule has 1 fully saturated rings. The highest BCUT2D eigenvalue weighted by Gasteiger charge is 2.43. The maximum atomic E-state index is 13.2. The molecule has 1 heterocycles. The van der Waals surface area contributed by atoms with Gasteiger partial charge in [0, 0.05) is 6.92 Å². The lowest BCUT2D eigenvalue weighted by atomic mass is 9.87. The number of carbonyl (C=O) groups excluding carboxylic acids is 3. The van der Waals surface area contributed by atoms with Gasteiger partial charge in [-0.2, -0.15) is 0 Å². The lowest BCUT2D eigenvalue weighted by molar-refractivity contribution is -0.156. The van der Waals surface area contributed by atoms with Gasteiger partial charge in [0.15, 0.2) is 6.04 Å². The minimum absolute atomic E-state index is 0.324. The van der Waals surface area contributed by atoms with E-state index in [9.17, 15) is 14.4 Å². The van der Waals surface area contributed by atoms with Crippen LogP contribution in [0.25, 0.3) is 0 Å². The molecule has 0 spiro atoms. The molecule has 2 N–H and O–H groups in total. The maximum Gasteiger partial charge on any atom is 0.332 e. The number of rotatable bonds is 8. The van der Waals surface area contributed by atoms with E-state index in [1.54, 1.807) is 14.0 Å². The summed E-state index contributed by atoms with van der Waals surface area (Å²) in [6.07, 6.45) is 1.07. The second-order valence-electron chi connectivity index (χ2n) is 6.93. The first-order valence-electron chi connectivity index (χ1n) is 9.25. The van der Waals surface area contributed by atoms with Crippen LogP contribution in [-0.4, -0.2) is 56.3 Å². The molecule has 1 aliphatic heterocycles. The van der Waals surface area contributed by atoms with E-state index < -0.39 is 29.6 Å². The Hall–Kier alpha value is -2.61. The molecule has 0 radical (unpaired) electrons. The minimum atomic E-state index is -1.09. The topological polar surface area (TPSA) is 103 Å². The van der Waals surface area contributed by atoms with Gasteiger partial charge < -0.3 is 24.8 Å². The Kier molecular flexibility index (Phi) is 7.39. The van der Waals surface area contributed by atoms with Crippen LogP contribution >= 0.6 is 0 Å². The predicted molar refractivity (Wildman–Crippen MR) is 102 cm³/mol. The van der Waals surface area contributed by atoms with E-state index in [-0.39, 0.29) is 5.91 Å². The van der Waals surface area contributed by atoms with Gasteiger partial charge in [-0.05, 0) is 50.4 Å². The lowest BCUT2D eigenvalue weighted by Crippen LogP contribution is -2.60. The molecule has 1 amide bonds.